The Hall–Kier alpha value is -3.52. The molecule has 2 aromatic rings. The number of hydrogen-bond donors (Lipinski definition) is 2. The fourth-order valence-electron chi connectivity index (χ4n) is 4.76. The maximum absolute atomic E-state index is 12.9. The number of benzene rings is 2. The molecule has 8 nitrogen and oxygen atoms in total. The zero-order valence-corrected chi connectivity index (χ0v) is 20.9. The second kappa shape index (κ2) is 10.8. The lowest BCUT2D eigenvalue weighted by atomic mass is 9.94. The van der Waals surface area contributed by atoms with Crippen molar-refractivity contribution >= 4 is 17.7 Å². The van der Waals surface area contributed by atoms with Gasteiger partial charge in [-0.2, -0.15) is 0 Å². The molecule has 35 heavy (non-hydrogen) atoms. The normalized spacial score (nSPS) is 18.7. The molecule has 2 heterocycles. The molecule has 0 spiro atoms. The van der Waals surface area contributed by atoms with Crippen LogP contribution in [0.1, 0.15) is 29.7 Å². The van der Waals surface area contributed by atoms with Gasteiger partial charge in [0.05, 0.1) is 25.3 Å². The van der Waals surface area contributed by atoms with Crippen LogP contribution in [-0.2, 0) is 9.53 Å². The van der Waals surface area contributed by atoms with E-state index in [-0.39, 0.29) is 6.03 Å². The number of para-hydroxylation sites is 1. The van der Waals surface area contributed by atoms with Crippen LogP contribution in [0.5, 0.6) is 5.75 Å². The van der Waals surface area contributed by atoms with Crippen LogP contribution in [0.25, 0.3) is 0 Å². The third-order valence-electron chi connectivity index (χ3n) is 6.55. The van der Waals surface area contributed by atoms with E-state index in [1.54, 1.807) is 0 Å². The van der Waals surface area contributed by atoms with Gasteiger partial charge in [0.1, 0.15) is 5.75 Å². The smallest absolute Gasteiger partial charge is 0.338 e. The first kappa shape index (κ1) is 24.6. The number of ether oxygens (including phenoxy) is 2. The lowest BCUT2D eigenvalue weighted by molar-refractivity contribution is -0.136. The molecule has 186 valence electrons. The van der Waals surface area contributed by atoms with E-state index >= 15 is 0 Å². The Labute approximate surface area is 206 Å². The first-order valence-corrected chi connectivity index (χ1v) is 12.1. The second-order valence-corrected chi connectivity index (χ2v) is 8.94. The topological polar surface area (TPSA) is 83.1 Å². The molecule has 2 amide bonds. The molecule has 4 rings (SSSR count). The first-order chi connectivity index (χ1) is 16.9. The van der Waals surface area contributed by atoms with E-state index < -0.39 is 12.0 Å². The molecule has 1 saturated heterocycles. The summed E-state index contributed by atoms with van der Waals surface area (Å²) < 4.78 is 10.9. The minimum atomic E-state index is -0.662. The van der Waals surface area contributed by atoms with E-state index in [0.29, 0.717) is 30.2 Å². The highest BCUT2D eigenvalue weighted by Crippen LogP contribution is 2.34. The molecular formula is C27H34N4O4. The quantitative estimate of drug-likeness (QED) is 0.594. The Morgan fingerprint density at radius 1 is 1.09 bits per heavy atom. The number of anilines is 1. The number of piperazine rings is 1. The van der Waals surface area contributed by atoms with Crippen LogP contribution in [0.4, 0.5) is 10.5 Å². The predicted octanol–water partition coefficient (Wildman–Crippen LogP) is 3.31. The van der Waals surface area contributed by atoms with E-state index in [1.165, 1.54) is 23.9 Å². The van der Waals surface area contributed by atoms with Crippen LogP contribution in [0.3, 0.4) is 0 Å². The zero-order valence-electron chi connectivity index (χ0n) is 20.9. The number of nitrogens with zero attached hydrogens (tertiary/aromatic N) is 2. The third-order valence-corrected chi connectivity index (χ3v) is 6.55. The van der Waals surface area contributed by atoms with E-state index in [4.69, 9.17) is 9.47 Å². The highest BCUT2D eigenvalue weighted by atomic mass is 16.5. The highest BCUT2D eigenvalue weighted by Gasteiger charge is 2.36. The van der Waals surface area contributed by atoms with E-state index in [0.717, 1.165) is 31.7 Å². The number of methoxy groups -OCH3 is 1. The lowest BCUT2D eigenvalue weighted by Gasteiger charge is -2.38. The summed E-state index contributed by atoms with van der Waals surface area (Å²) in [4.78, 5) is 30.3. The Morgan fingerprint density at radius 2 is 1.83 bits per heavy atom. The van der Waals surface area contributed by atoms with Gasteiger partial charge in [0.25, 0.3) is 0 Å². The van der Waals surface area contributed by atoms with Crippen molar-refractivity contribution in [3.05, 3.63) is 70.4 Å². The third kappa shape index (κ3) is 5.43. The number of urea groups is 1. The SMILES string of the molecule is CCOc1ccccc1[C@H]1NC(=O)NC(CN2CCN(c3cc(C)ccc3C)CC2)=C1C(=O)OC. The second-order valence-electron chi connectivity index (χ2n) is 8.94. The highest BCUT2D eigenvalue weighted by molar-refractivity contribution is 5.95. The molecule has 0 bridgehead atoms. The summed E-state index contributed by atoms with van der Waals surface area (Å²) >= 11 is 0. The summed E-state index contributed by atoms with van der Waals surface area (Å²) in [6.07, 6.45) is 0. The van der Waals surface area contributed by atoms with E-state index in [1.807, 2.05) is 31.2 Å². The number of aryl methyl sites for hydroxylation is 2. The van der Waals surface area contributed by atoms with Crippen LogP contribution < -0.4 is 20.3 Å². The van der Waals surface area contributed by atoms with Gasteiger partial charge in [-0.15, -0.1) is 0 Å². The van der Waals surface area contributed by atoms with Crippen LogP contribution in [-0.4, -0.2) is 63.3 Å². The Balaban J connectivity index is 1.58. The fourth-order valence-corrected chi connectivity index (χ4v) is 4.76. The van der Waals surface area contributed by atoms with Crippen molar-refractivity contribution < 1.29 is 19.1 Å². The van der Waals surface area contributed by atoms with Gasteiger partial charge >= 0.3 is 12.0 Å². The van der Waals surface area contributed by atoms with Gasteiger partial charge in [0.15, 0.2) is 0 Å². The molecule has 0 aromatic heterocycles. The van der Waals surface area contributed by atoms with Crippen molar-refractivity contribution in [3.63, 3.8) is 0 Å². The average molecular weight is 479 g/mol. The van der Waals surface area contributed by atoms with E-state index in [9.17, 15) is 9.59 Å². The Kier molecular flexibility index (Phi) is 7.60. The molecule has 0 aliphatic carbocycles. The average Bonchev–Trinajstić information content (AvgIpc) is 2.86. The van der Waals surface area contributed by atoms with Gasteiger partial charge in [0, 0.05) is 49.7 Å². The molecule has 1 atom stereocenters. The van der Waals surface area contributed by atoms with Gasteiger partial charge in [0.2, 0.25) is 0 Å². The summed E-state index contributed by atoms with van der Waals surface area (Å²) in [6, 6.07) is 13.0. The summed E-state index contributed by atoms with van der Waals surface area (Å²) in [6.45, 7) is 10.4. The Morgan fingerprint density at radius 3 is 2.54 bits per heavy atom. The number of rotatable bonds is 7. The van der Waals surface area contributed by atoms with Gasteiger partial charge < -0.3 is 25.0 Å². The monoisotopic (exact) mass is 478 g/mol. The van der Waals surface area contributed by atoms with Gasteiger partial charge in [-0.05, 0) is 44.0 Å². The van der Waals surface area contributed by atoms with Crippen molar-refractivity contribution in [1.29, 1.82) is 0 Å². The number of hydrogen-bond acceptors (Lipinski definition) is 6. The Bertz CT molecular complexity index is 1120. The minimum absolute atomic E-state index is 0.349. The number of nitrogens with one attached hydrogen (secondary N) is 2. The minimum Gasteiger partial charge on any atom is -0.494 e. The number of esters is 1. The lowest BCUT2D eigenvalue weighted by Crippen LogP contribution is -2.52. The number of carbonyl (C=O) groups excluding carboxylic acids is 2. The molecule has 2 N–H and O–H groups in total. The van der Waals surface area contributed by atoms with Crippen LogP contribution in [0, 0.1) is 13.8 Å². The summed E-state index contributed by atoms with van der Waals surface area (Å²) in [5, 5.41) is 5.76. The standard InChI is InChI=1S/C27H34N4O4/c1-5-35-23-9-7-6-8-20(23)25-24(26(32)34-4)21(28-27(33)29-25)17-30-12-14-31(15-13-30)22-16-18(2)10-11-19(22)3/h6-11,16,25H,5,12-15,17H2,1-4H3,(H2,28,29,33)/t25-/m1/s1. The van der Waals surface area contributed by atoms with Crippen LogP contribution >= 0.6 is 0 Å². The van der Waals surface area contributed by atoms with Crippen LogP contribution in [0.15, 0.2) is 53.7 Å². The van der Waals surface area contributed by atoms with Gasteiger partial charge in [-0.3, -0.25) is 4.90 Å². The van der Waals surface area contributed by atoms with Crippen molar-refractivity contribution in [1.82, 2.24) is 15.5 Å². The molecule has 0 unspecified atom stereocenters. The zero-order chi connectivity index (χ0) is 24.9. The van der Waals surface area contributed by atoms with E-state index in [2.05, 4.69) is 52.5 Å². The summed E-state index contributed by atoms with van der Waals surface area (Å²) in [5.74, 6) is 0.155. The molecule has 2 aliphatic rings. The summed E-state index contributed by atoms with van der Waals surface area (Å²) in [7, 11) is 1.36. The fraction of sp³-hybridized carbons (Fsp3) is 0.407. The number of carbonyl (C=O) groups is 2. The van der Waals surface area contributed by atoms with Crippen molar-refractivity contribution in [2.24, 2.45) is 0 Å². The largest absolute Gasteiger partial charge is 0.494 e. The van der Waals surface area contributed by atoms with Gasteiger partial charge in [-0.1, -0.05) is 30.3 Å². The van der Waals surface area contributed by atoms with Crippen LogP contribution in [0.2, 0.25) is 0 Å². The predicted molar refractivity (Wildman–Crippen MR) is 136 cm³/mol. The molecule has 2 aromatic carbocycles. The molecule has 2 aliphatic heterocycles. The molecule has 0 radical (unpaired) electrons. The first-order valence-electron chi connectivity index (χ1n) is 12.1. The molecular weight excluding hydrogens is 444 g/mol. The molecule has 1 fully saturated rings. The van der Waals surface area contributed by atoms with Crippen molar-refractivity contribution in [3.8, 4) is 5.75 Å². The van der Waals surface area contributed by atoms with Gasteiger partial charge in [-0.25, -0.2) is 9.59 Å². The molecule has 8 heteroatoms. The van der Waals surface area contributed by atoms with Crippen molar-refractivity contribution in [2.45, 2.75) is 26.8 Å². The molecule has 0 saturated carbocycles. The maximum atomic E-state index is 12.9. The number of amides is 2. The maximum Gasteiger partial charge on any atom is 0.338 e. The summed E-state index contributed by atoms with van der Waals surface area (Å²) in [5.41, 5.74) is 5.47. The van der Waals surface area contributed by atoms with Crippen molar-refractivity contribution in [2.75, 3.05) is 51.3 Å².